The number of nitrogens with two attached hydrogens (primary N) is 1. The lowest BCUT2D eigenvalue weighted by molar-refractivity contribution is -0.0936. The number of hydrogen-bond acceptors (Lipinski definition) is 7. The first-order valence-corrected chi connectivity index (χ1v) is 7.09. The summed E-state index contributed by atoms with van der Waals surface area (Å²) in [6.07, 6.45) is 3.73. The summed E-state index contributed by atoms with van der Waals surface area (Å²) >= 11 is 3.08. The third kappa shape index (κ3) is 2.55. The Morgan fingerprint density at radius 3 is 2.82 bits per heavy atom. The molecule has 1 aromatic rings. The molecule has 0 bridgehead atoms. The van der Waals surface area contributed by atoms with Crippen molar-refractivity contribution in [3.8, 4) is 12.3 Å². The summed E-state index contributed by atoms with van der Waals surface area (Å²) in [5.41, 5.74) is 3.43. The first kappa shape index (κ1) is 16.7. The van der Waals surface area contributed by atoms with E-state index >= 15 is 0 Å². The number of halogens is 1. The van der Waals surface area contributed by atoms with Crippen molar-refractivity contribution >= 4 is 27.8 Å². The monoisotopic (exact) mass is 371 g/mol. The van der Waals surface area contributed by atoms with E-state index in [1.807, 2.05) is 0 Å². The second kappa shape index (κ2) is 6.20. The molecule has 2 rings (SSSR count). The lowest BCUT2D eigenvalue weighted by Gasteiger charge is -2.23. The van der Waals surface area contributed by atoms with Gasteiger partial charge in [0.25, 0.3) is 0 Å². The molecule has 2 heterocycles. The Bertz CT molecular complexity index is 698. The first-order valence-electron chi connectivity index (χ1n) is 6.18. The van der Waals surface area contributed by atoms with Crippen LogP contribution in [0.2, 0.25) is 0 Å². The molecule has 0 spiro atoms. The molecule has 1 aliphatic heterocycles. The van der Waals surface area contributed by atoms with E-state index in [4.69, 9.17) is 16.9 Å². The second-order valence-corrected chi connectivity index (χ2v) is 5.23. The number of nitrogen functional groups attached to an aromatic ring is 1. The van der Waals surface area contributed by atoms with Crippen LogP contribution in [-0.4, -0.2) is 49.3 Å². The topological polar surface area (TPSA) is 131 Å². The maximum atomic E-state index is 12.0. The van der Waals surface area contributed by atoms with Gasteiger partial charge in [0.05, 0.1) is 6.61 Å². The smallest absolute Gasteiger partial charge is 0.351 e. The summed E-state index contributed by atoms with van der Waals surface area (Å²) in [5.74, 6) is 2.11. The second-order valence-electron chi connectivity index (χ2n) is 4.70. The molecule has 1 fully saturated rings. The quantitative estimate of drug-likeness (QED) is 0.491. The van der Waals surface area contributed by atoms with Gasteiger partial charge >= 0.3 is 5.69 Å². The highest BCUT2D eigenvalue weighted by molar-refractivity contribution is 9.11. The number of rotatable bonds is 3. The van der Waals surface area contributed by atoms with Crippen LogP contribution in [0.1, 0.15) is 11.8 Å². The molecular weight excluding hydrogens is 358 g/mol. The molecule has 0 aliphatic carbocycles. The van der Waals surface area contributed by atoms with Gasteiger partial charge in [0.15, 0.2) is 11.8 Å². The average molecular weight is 372 g/mol. The highest BCUT2D eigenvalue weighted by Gasteiger charge is 2.54. The summed E-state index contributed by atoms with van der Waals surface area (Å²) in [4.78, 5) is 17.1. The predicted octanol–water partition coefficient (Wildman–Crippen LogP) is -1.19. The standard InChI is InChI=1S/C13H14BrN3O5/c1-2-13(6-18)9(20)8(19)11(22-13)17-5-7(3-4-14)10(15)16-12(17)21/h1,3-5,8-9,11,18-20H,6H2,(H2,15,16,21)/t8-,9-,11+,13+/m0/s1. The number of anilines is 1. The fourth-order valence-electron chi connectivity index (χ4n) is 2.18. The molecule has 0 aromatic carbocycles. The lowest BCUT2D eigenvalue weighted by atomic mass is 9.97. The van der Waals surface area contributed by atoms with Gasteiger partial charge in [-0.05, 0) is 11.1 Å². The molecule has 1 saturated heterocycles. The third-order valence-corrected chi connectivity index (χ3v) is 3.70. The number of aliphatic hydroxyl groups is 3. The van der Waals surface area contributed by atoms with Crippen molar-refractivity contribution in [2.24, 2.45) is 0 Å². The zero-order valence-corrected chi connectivity index (χ0v) is 12.8. The number of nitrogens with zero attached hydrogens (tertiary/aromatic N) is 2. The van der Waals surface area contributed by atoms with Gasteiger partial charge in [0, 0.05) is 11.8 Å². The highest BCUT2D eigenvalue weighted by Crippen LogP contribution is 2.36. The Hall–Kier alpha value is -1.70. The first-order chi connectivity index (χ1) is 10.4. The van der Waals surface area contributed by atoms with Gasteiger partial charge in [-0.1, -0.05) is 21.9 Å². The minimum atomic E-state index is -1.80. The zero-order chi connectivity index (χ0) is 16.5. The van der Waals surface area contributed by atoms with E-state index in [2.05, 4.69) is 26.8 Å². The Morgan fingerprint density at radius 2 is 2.32 bits per heavy atom. The van der Waals surface area contributed by atoms with Crippen LogP contribution in [0.25, 0.3) is 6.08 Å². The molecule has 22 heavy (non-hydrogen) atoms. The van der Waals surface area contributed by atoms with Crippen molar-refractivity contribution in [1.29, 1.82) is 0 Å². The van der Waals surface area contributed by atoms with Gasteiger partial charge in [-0.15, -0.1) is 6.42 Å². The van der Waals surface area contributed by atoms with Crippen molar-refractivity contribution in [2.75, 3.05) is 12.3 Å². The molecule has 0 amide bonds. The molecule has 0 unspecified atom stereocenters. The fourth-order valence-corrected chi connectivity index (χ4v) is 2.46. The molecular formula is C13H14BrN3O5. The summed E-state index contributed by atoms with van der Waals surface area (Å²) in [7, 11) is 0. The molecule has 5 N–H and O–H groups in total. The third-order valence-electron chi connectivity index (χ3n) is 3.43. The molecule has 1 aromatic heterocycles. The molecule has 8 nitrogen and oxygen atoms in total. The number of aliphatic hydroxyl groups excluding tert-OH is 3. The number of terminal acetylenes is 1. The summed E-state index contributed by atoms with van der Waals surface area (Å²) < 4.78 is 6.33. The molecule has 0 radical (unpaired) electrons. The minimum absolute atomic E-state index is 0.00430. The van der Waals surface area contributed by atoms with Gasteiger partial charge in [0.1, 0.15) is 18.0 Å². The van der Waals surface area contributed by atoms with Crippen molar-refractivity contribution < 1.29 is 20.1 Å². The van der Waals surface area contributed by atoms with E-state index in [9.17, 15) is 20.1 Å². The zero-order valence-electron chi connectivity index (χ0n) is 11.3. The van der Waals surface area contributed by atoms with Crippen LogP contribution < -0.4 is 11.4 Å². The van der Waals surface area contributed by atoms with E-state index in [1.54, 1.807) is 0 Å². The van der Waals surface area contributed by atoms with Crippen LogP contribution in [0.3, 0.4) is 0 Å². The van der Waals surface area contributed by atoms with E-state index in [0.717, 1.165) is 4.57 Å². The Labute approximate surface area is 134 Å². The van der Waals surface area contributed by atoms with Crippen LogP contribution in [0.5, 0.6) is 0 Å². The molecule has 118 valence electrons. The van der Waals surface area contributed by atoms with Crippen LogP contribution in [0.15, 0.2) is 16.0 Å². The van der Waals surface area contributed by atoms with Gasteiger partial charge in [-0.3, -0.25) is 4.57 Å². The summed E-state index contributed by atoms with van der Waals surface area (Å²) in [5, 5.41) is 29.4. The number of hydrogen-bond donors (Lipinski definition) is 4. The minimum Gasteiger partial charge on any atom is -0.392 e. The van der Waals surface area contributed by atoms with Gasteiger partial charge in [-0.25, -0.2) is 4.79 Å². The lowest BCUT2D eigenvalue weighted by Crippen LogP contribution is -2.45. The summed E-state index contributed by atoms with van der Waals surface area (Å²) in [6, 6.07) is 0. The van der Waals surface area contributed by atoms with Crippen molar-refractivity contribution in [3.05, 3.63) is 27.2 Å². The van der Waals surface area contributed by atoms with Crippen LogP contribution in [0, 0.1) is 12.3 Å². The molecule has 1 aliphatic rings. The maximum absolute atomic E-state index is 12.0. The largest absolute Gasteiger partial charge is 0.392 e. The van der Waals surface area contributed by atoms with E-state index < -0.39 is 36.3 Å². The van der Waals surface area contributed by atoms with Gasteiger partial charge in [-0.2, -0.15) is 4.98 Å². The van der Waals surface area contributed by atoms with Gasteiger partial charge < -0.3 is 25.8 Å². The van der Waals surface area contributed by atoms with Crippen molar-refractivity contribution in [2.45, 2.75) is 24.0 Å². The Kier molecular flexibility index (Phi) is 4.69. The Balaban J connectivity index is 2.51. The number of aromatic nitrogens is 2. The molecule has 0 saturated carbocycles. The van der Waals surface area contributed by atoms with Crippen molar-refractivity contribution in [1.82, 2.24) is 9.55 Å². The fraction of sp³-hybridized carbons (Fsp3) is 0.385. The normalized spacial score (nSPS) is 31.5. The van der Waals surface area contributed by atoms with E-state index in [-0.39, 0.29) is 5.82 Å². The average Bonchev–Trinajstić information content (AvgIpc) is 2.75. The number of ether oxygens (including phenoxy) is 1. The van der Waals surface area contributed by atoms with E-state index in [1.165, 1.54) is 17.3 Å². The van der Waals surface area contributed by atoms with Crippen LogP contribution >= 0.6 is 15.9 Å². The molecule has 9 heteroatoms. The van der Waals surface area contributed by atoms with Gasteiger partial charge in [0.2, 0.25) is 0 Å². The summed E-state index contributed by atoms with van der Waals surface area (Å²) in [6.45, 7) is -0.719. The van der Waals surface area contributed by atoms with Crippen LogP contribution in [0.4, 0.5) is 5.82 Å². The molecule has 4 atom stereocenters. The van der Waals surface area contributed by atoms with Crippen molar-refractivity contribution in [3.63, 3.8) is 0 Å². The van der Waals surface area contributed by atoms with Crippen LogP contribution in [-0.2, 0) is 4.74 Å². The maximum Gasteiger partial charge on any atom is 0.351 e. The SMILES string of the molecule is C#C[C@]1(CO)O[C@@H](n2cc(C=CBr)c(N)nc2=O)[C@@H](O)[C@@H]1O. The predicted molar refractivity (Wildman–Crippen MR) is 81.7 cm³/mol. The van der Waals surface area contributed by atoms with E-state index in [0.29, 0.717) is 5.56 Å². The Morgan fingerprint density at radius 1 is 1.64 bits per heavy atom. The highest BCUT2D eigenvalue weighted by atomic mass is 79.9.